The molecule has 4 nitrogen and oxygen atoms in total. The first-order chi connectivity index (χ1) is 6.06. The molecule has 0 saturated carbocycles. The molecular formula is C9H16N2O2. The van der Waals surface area contributed by atoms with Gasteiger partial charge in [-0.2, -0.15) is 0 Å². The van der Waals surface area contributed by atoms with Gasteiger partial charge in [0.1, 0.15) is 0 Å². The highest BCUT2D eigenvalue weighted by Crippen LogP contribution is 2.14. The maximum Gasteiger partial charge on any atom is 0.220 e. The molecule has 4 heteroatoms. The van der Waals surface area contributed by atoms with E-state index in [1.807, 2.05) is 18.7 Å². The van der Waals surface area contributed by atoms with Crippen LogP contribution < -0.4 is 0 Å². The number of carbonyl (C=O) groups is 2. The van der Waals surface area contributed by atoms with Crippen LogP contribution in [0.4, 0.5) is 0 Å². The Labute approximate surface area is 78.5 Å². The molecule has 0 aromatic heterocycles. The summed E-state index contributed by atoms with van der Waals surface area (Å²) >= 11 is 0. The molecule has 1 aliphatic rings. The lowest BCUT2D eigenvalue weighted by Gasteiger charge is -2.42. The van der Waals surface area contributed by atoms with Crippen LogP contribution in [-0.2, 0) is 9.59 Å². The highest BCUT2D eigenvalue weighted by molar-refractivity contribution is 5.74. The molecule has 1 saturated heterocycles. The predicted octanol–water partition coefficient (Wildman–Crippen LogP) is 0.0839. The van der Waals surface area contributed by atoms with Crippen molar-refractivity contribution >= 4 is 12.3 Å². The number of piperazine rings is 1. The van der Waals surface area contributed by atoms with Gasteiger partial charge in [0.15, 0.2) is 0 Å². The fraction of sp³-hybridized carbons (Fsp3) is 0.778. The maximum atomic E-state index is 11.2. The van der Waals surface area contributed by atoms with Crippen LogP contribution in [0.3, 0.4) is 0 Å². The summed E-state index contributed by atoms with van der Waals surface area (Å²) in [6, 6.07) is 0.262. The molecule has 2 amide bonds. The Morgan fingerprint density at radius 1 is 1.31 bits per heavy atom. The summed E-state index contributed by atoms with van der Waals surface area (Å²) in [4.78, 5) is 25.3. The van der Waals surface area contributed by atoms with E-state index >= 15 is 0 Å². The third-order valence-electron chi connectivity index (χ3n) is 2.46. The minimum absolute atomic E-state index is 0.0885. The second-order valence-electron chi connectivity index (χ2n) is 3.68. The van der Waals surface area contributed by atoms with E-state index in [0.717, 1.165) is 6.41 Å². The number of amides is 2. The summed E-state index contributed by atoms with van der Waals surface area (Å²) in [5.74, 6) is 0.0885. The summed E-state index contributed by atoms with van der Waals surface area (Å²) in [7, 11) is 0. The van der Waals surface area contributed by atoms with Crippen LogP contribution in [0.5, 0.6) is 0 Å². The lowest BCUT2D eigenvalue weighted by Crippen LogP contribution is -2.57. The fourth-order valence-corrected chi connectivity index (χ4v) is 2.07. The second kappa shape index (κ2) is 3.77. The van der Waals surface area contributed by atoms with Crippen molar-refractivity contribution < 1.29 is 9.59 Å². The Bertz CT molecular complexity index is 206. The highest BCUT2D eigenvalue weighted by Gasteiger charge is 2.30. The van der Waals surface area contributed by atoms with Gasteiger partial charge >= 0.3 is 0 Å². The molecule has 0 aromatic rings. The summed E-state index contributed by atoms with van der Waals surface area (Å²) < 4.78 is 0. The van der Waals surface area contributed by atoms with E-state index in [4.69, 9.17) is 0 Å². The number of hydrogen-bond acceptors (Lipinski definition) is 2. The van der Waals surface area contributed by atoms with Crippen LogP contribution in [0.25, 0.3) is 0 Å². The normalized spacial score (nSPS) is 28.8. The van der Waals surface area contributed by atoms with Gasteiger partial charge in [0, 0.05) is 32.1 Å². The number of rotatable bonds is 1. The summed E-state index contributed by atoms with van der Waals surface area (Å²) in [6.07, 6.45) is 0.852. The average Bonchev–Trinajstić information content (AvgIpc) is 2.02. The average molecular weight is 184 g/mol. The molecule has 1 rings (SSSR count). The summed E-state index contributed by atoms with van der Waals surface area (Å²) in [6.45, 7) is 6.80. The van der Waals surface area contributed by atoms with E-state index in [1.165, 1.54) is 0 Å². The van der Waals surface area contributed by atoms with E-state index in [9.17, 15) is 9.59 Å². The summed E-state index contributed by atoms with van der Waals surface area (Å²) in [5, 5.41) is 0. The molecule has 2 atom stereocenters. The molecule has 74 valence electrons. The zero-order chi connectivity index (χ0) is 10.0. The molecular weight excluding hydrogens is 168 g/mol. The van der Waals surface area contributed by atoms with Gasteiger partial charge in [-0.3, -0.25) is 9.59 Å². The van der Waals surface area contributed by atoms with E-state index in [1.54, 1.807) is 11.8 Å². The molecule has 0 aromatic carbocycles. The highest BCUT2D eigenvalue weighted by atomic mass is 16.2. The molecule has 0 radical (unpaired) electrons. The SMILES string of the molecule is CC(=O)N1[C@H](C)CN(C=O)C[C@@H]1C. The number of carbonyl (C=O) groups excluding carboxylic acids is 2. The van der Waals surface area contributed by atoms with Crippen molar-refractivity contribution in [3.05, 3.63) is 0 Å². The third-order valence-corrected chi connectivity index (χ3v) is 2.46. The lowest BCUT2D eigenvalue weighted by molar-refractivity contribution is -0.139. The van der Waals surface area contributed by atoms with Crippen molar-refractivity contribution in [1.82, 2.24) is 9.80 Å². The van der Waals surface area contributed by atoms with E-state index in [-0.39, 0.29) is 18.0 Å². The van der Waals surface area contributed by atoms with Gasteiger partial charge in [0.2, 0.25) is 12.3 Å². The molecule has 1 heterocycles. The predicted molar refractivity (Wildman–Crippen MR) is 49.1 cm³/mol. The Kier molecular flexibility index (Phi) is 2.90. The molecule has 0 bridgehead atoms. The quantitative estimate of drug-likeness (QED) is 0.542. The van der Waals surface area contributed by atoms with E-state index in [2.05, 4.69) is 0 Å². The second-order valence-corrected chi connectivity index (χ2v) is 3.68. The minimum Gasteiger partial charge on any atom is -0.341 e. The van der Waals surface area contributed by atoms with Gasteiger partial charge in [0.25, 0.3) is 0 Å². The molecule has 0 aliphatic carbocycles. The first-order valence-corrected chi connectivity index (χ1v) is 4.54. The van der Waals surface area contributed by atoms with Crippen molar-refractivity contribution in [1.29, 1.82) is 0 Å². The standard InChI is InChI=1S/C9H16N2O2/c1-7-4-10(6-12)5-8(2)11(7)9(3)13/h6-8H,4-5H2,1-3H3/t7-,8+. The Morgan fingerprint density at radius 3 is 2.08 bits per heavy atom. The first kappa shape index (κ1) is 10.0. The monoisotopic (exact) mass is 184 g/mol. The Balaban J connectivity index is 2.69. The lowest BCUT2D eigenvalue weighted by atomic mass is 10.1. The zero-order valence-corrected chi connectivity index (χ0v) is 8.36. The van der Waals surface area contributed by atoms with Gasteiger partial charge in [-0.1, -0.05) is 0 Å². The van der Waals surface area contributed by atoms with Gasteiger partial charge in [-0.05, 0) is 13.8 Å². The van der Waals surface area contributed by atoms with E-state index < -0.39 is 0 Å². The van der Waals surface area contributed by atoms with Crippen molar-refractivity contribution in [3.8, 4) is 0 Å². The molecule has 1 fully saturated rings. The van der Waals surface area contributed by atoms with Crippen LogP contribution >= 0.6 is 0 Å². The van der Waals surface area contributed by atoms with Crippen LogP contribution in [0.2, 0.25) is 0 Å². The fourth-order valence-electron chi connectivity index (χ4n) is 2.07. The van der Waals surface area contributed by atoms with Crippen molar-refractivity contribution in [2.45, 2.75) is 32.9 Å². The smallest absolute Gasteiger partial charge is 0.220 e. The van der Waals surface area contributed by atoms with Crippen LogP contribution in [0, 0.1) is 0 Å². The number of hydrogen-bond donors (Lipinski definition) is 0. The van der Waals surface area contributed by atoms with Crippen LogP contribution in [0.15, 0.2) is 0 Å². The van der Waals surface area contributed by atoms with Gasteiger partial charge < -0.3 is 9.80 Å². The van der Waals surface area contributed by atoms with Crippen LogP contribution in [-0.4, -0.2) is 47.3 Å². The summed E-state index contributed by atoms with van der Waals surface area (Å²) in [5.41, 5.74) is 0. The third kappa shape index (κ3) is 1.99. The minimum atomic E-state index is 0.0885. The Morgan fingerprint density at radius 2 is 1.77 bits per heavy atom. The molecule has 1 aliphatic heterocycles. The van der Waals surface area contributed by atoms with Gasteiger partial charge in [0.05, 0.1) is 0 Å². The zero-order valence-electron chi connectivity index (χ0n) is 8.36. The van der Waals surface area contributed by atoms with Crippen molar-refractivity contribution in [2.24, 2.45) is 0 Å². The van der Waals surface area contributed by atoms with Gasteiger partial charge in [-0.25, -0.2) is 0 Å². The molecule has 0 spiro atoms. The molecule has 0 N–H and O–H groups in total. The molecule has 0 unspecified atom stereocenters. The topological polar surface area (TPSA) is 40.6 Å². The largest absolute Gasteiger partial charge is 0.341 e. The molecule has 13 heavy (non-hydrogen) atoms. The van der Waals surface area contributed by atoms with Crippen molar-refractivity contribution in [2.75, 3.05) is 13.1 Å². The van der Waals surface area contributed by atoms with Crippen LogP contribution in [0.1, 0.15) is 20.8 Å². The Hall–Kier alpha value is -1.06. The maximum absolute atomic E-state index is 11.2. The van der Waals surface area contributed by atoms with Crippen molar-refractivity contribution in [3.63, 3.8) is 0 Å². The number of nitrogens with zero attached hydrogens (tertiary/aromatic N) is 2. The van der Waals surface area contributed by atoms with E-state index in [0.29, 0.717) is 13.1 Å². The first-order valence-electron chi connectivity index (χ1n) is 4.54. The van der Waals surface area contributed by atoms with Gasteiger partial charge in [-0.15, -0.1) is 0 Å².